The highest BCUT2D eigenvalue weighted by atomic mass is 32.2. The van der Waals surface area contributed by atoms with Crippen molar-refractivity contribution < 1.29 is 14.4 Å². The van der Waals surface area contributed by atoms with Gasteiger partial charge in [0.1, 0.15) is 6.04 Å². The number of benzene rings is 2. The summed E-state index contributed by atoms with van der Waals surface area (Å²) in [7, 11) is 0. The summed E-state index contributed by atoms with van der Waals surface area (Å²) in [6, 6.07) is 17.6. The van der Waals surface area contributed by atoms with Crippen molar-refractivity contribution in [1.29, 1.82) is 0 Å². The van der Waals surface area contributed by atoms with Crippen molar-refractivity contribution in [3.63, 3.8) is 0 Å². The van der Waals surface area contributed by atoms with Gasteiger partial charge in [-0.2, -0.15) is 0 Å². The van der Waals surface area contributed by atoms with E-state index in [9.17, 15) is 14.4 Å². The van der Waals surface area contributed by atoms with Crippen LogP contribution in [0.1, 0.15) is 36.7 Å². The molecule has 1 aliphatic rings. The third-order valence-electron chi connectivity index (χ3n) is 5.86. The number of carbonyl (C=O) groups is 3. The molecule has 0 aromatic heterocycles. The lowest BCUT2D eigenvalue weighted by Gasteiger charge is -2.34. The highest BCUT2D eigenvalue weighted by molar-refractivity contribution is 7.99. The Morgan fingerprint density at radius 3 is 2.26 bits per heavy atom. The molecule has 2 aromatic carbocycles. The van der Waals surface area contributed by atoms with Crippen LogP contribution in [-0.2, 0) is 16.1 Å². The van der Waals surface area contributed by atoms with E-state index < -0.39 is 12.1 Å². The second-order valence-corrected chi connectivity index (χ2v) is 10.0. The average Bonchev–Trinajstić information content (AvgIpc) is 3.30. The molecule has 7 nitrogen and oxygen atoms in total. The molecule has 0 radical (unpaired) electrons. The summed E-state index contributed by atoms with van der Waals surface area (Å²) in [6.45, 7) is 6.27. The Hall–Kier alpha value is -2.84. The van der Waals surface area contributed by atoms with Crippen molar-refractivity contribution in [3.8, 4) is 0 Å². The van der Waals surface area contributed by atoms with Crippen LogP contribution in [0.15, 0.2) is 60.7 Å². The van der Waals surface area contributed by atoms with Crippen molar-refractivity contribution in [2.75, 3.05) is 18.2 Å². The van der Waals surface area contributed by atoms with E-state index in [1.807, 2.05) is 79.4 Å². The SMILES string of the molecule is CC(C)[C@H](NC(=O)[C@H](C)N)C(=O)N1CSC[C@H]1CN(Cc1ccccc1)C(=O)c1ccccc1. The van der Waals surface area contributed by atoms with Gasteiger partial charge in [-0.05, 0) is 30.5 Å². The van der Waals surface area contributed by atoms with Crippen molar-refractivity contribution >= 4 is 29.5 Å². The van der Waals surface area contributed by atoms with Gasteiger partial charge in [-0.25, -0.2) is 0 Å². The fraction of sp³-hybridized carbons (Fsp3) is 0.423. The molecule has 8 heteroatoms. The third kappa shape index (κ3) is 6.61. The van der Waals surface area contributed by atoms with E-state index in [0.717, 1.165) is 11.3 Å². The van der Waals surface area contributed by atoms with E-state index in [0.29, 0.717) is 24.5 Å². The molecule has 1 heterocycles. The zero-order valence-electron chi connectivity index (χ0n) is 20.0. The van der Waals surface area contributed by atoms with E-state index in [2.05, 4.69) is 5.32 Å². The molecule has 1 fully saturated rings. The monoisotopic (exact) mass is 482 g/mol. The minimum atomic E-state index is -0.692. The first kappa shape index (κ1) is 25.8. The van der Waals surface area contributed by atoms with Crippen molar-refractivity contribution in [2.45, 2.75) is 45.4 Å². The van der Waals surface area contributed by atoms with Crippen LogP contribution in [0.25, 0.3) is 0 Å². The van der Waals surface area contributed by atoms with Crippen LogP contribution >= 0.6 is 11.8 Å². The summed E-state index contributed by atoms with van der Waals surface area (Å²) < 4.78 is 0. The molecule has 3 N–H and O–H groups in total. The Labute approximate surface area is 206 Å². The number of nitrogens with two attached hydrogens (primary N) is 1. The summed E-state index contributed by atoms with van der Waals surface area (Å²) in [6.07, 6.45) is 0. The van der Waals surface area contributed by atoms with Gasteiger partial charge in [0.2, 0.25) is 11.8 Å². The molecule has 1 saturated heterocycles. The topological polar surface area (TPSA) is 95.7 Å². The number of nitrogens with zero attached hydrogens (tertiary/aromatic N) is 2. The fourth-order valence-corrected chi connectivity index (χ4v) is 5.09. The van der Waals surface area contributed by atoms with Gasteiger partial charge in [0.05, 0.1) is 18.0 Å². The summed E-state index contributed by atoms with van der Waals surface area (Å²) in [4.78, 5) is 42.7. The number of amides is 3. The van der Waals surface area contributed by atoms with Gasteiger partial charge in [-0.15, -0.1) is 11.8 Å². The first-order chi connectivity index (χ1) is 16.3. The predicted octanol–water partition coefficient (Wildman–Crippen LogP) is 2.72. The molecule has 182 valence electrons. The quantitative estimate of drug-likeness (QED) is 0.573. The molecule has 3 rings (SSSR count). The normalized spacial score (nSPS) is 17.3. The lowest BCUT2D eigenvalue weighted by molar-refractivity contribution is -0.138. The molecular weight excluding hydrogens is 448 g/mol. The number of hydrogen-bond acceptors (Lipinski definition) is 5. The summed E-state index contributed by atoms with van der Waals surface area (Å²) in [5.41, 5.74) is 7.35. The van der Waals surface area contributed by atoms with E-state index in [4.69, 9.17) is 5.73 Å². The number of rotatable bonds is 9. The first-order valence-corrected chi connectivity index (χ1v) is 12.8. The first-order valence-electron chi connectivity index (χ1n) is 11.6. The Morgan fingerprint density at radius 1 is 1.06 bits per heavy atom. The molecule has 0 aliphatic carbocycles. The van der Waals surface area contributed by atoms with Gasteiger partial charge in [-0.1, -0.05) is 62.4 Å². The highest BCUT2D eigenvalue weighted by Gasteiger charge is 2.37. The minimum Gasteiger partial charge on any atom is -0.343 e. The standard InChI is InChI=1S/C26H34N4O3S/c1-18(2)23(28-24(31)19(3)27)26(33)30-17-34-16-22(30)15-29(14-20-10-6-4-7-11-20)25(32)21-12-8-5-9-13-21/h4-13,18-19,22-23H,14-17,27H2,1-3H3,(H,28,31)/t19-,22+,23-/m0/s1. The minimum absolute atomic E-state index is 0.0700. The number of hydrogen-bond donors (Lipinski definition) is 2. The van der Waals surface area contributed by atoms with Crippen LogP contribution in [0.5, 0.6) is 0 Å². The molecular formula is C26H34N4O3S. The zero-order chi connectivity index (χ0) is 24.7. The summed E-state index contributed by atoms with van der Waals surface area (Å²) in [5.74, 6) is 0.614. The maximum atomic E-state index is 13.5. The van der Waals surface area contributed by atoms with Gasteiger partial charge in [0.15, 0.2) is 0 Å². The largest absolute Gasteiger partial charge is 0.343 e. The lowest BCUT2D eigenvalue weighted by atomic mass is 10.0. The van der Waals surface area contributed by atoms with Crippen molar-refractivity contribution in [2.24, 2.45) is 11.7 Å². The Morgan fingerprint density at radius 2 is 1.68 bits per heavy atom. The van der Waals surface area contributed by atoms with Gasteiger partial charge >= 0.3 is 0 Å². The van der Waals surface area contributed by atoms with Crippen molar-refractivity contribution in [3.05, 3.63) is 71.8 Å². The molecule has 3 atom stereocenters. The fourth-order valence-electron chi connectivity index (χ4n) is 3.89. The molecule has 0 spiro atoms. The van der Waals surface area contributed by atoms with E-state index >= 15 is 0 Å². The van der Waals surface area contributed by atoms with Crippen molar-refractivity contribution in [1.82, 2.24) is 15.1 Å². The summed E-state index contributed by atoms with van der Waals surface area (Å²) in [5, 5.41) is 2.81. The second-order valence-electron chi connectivity index (χ2n) is 9.02. The maximum Gasteiger partial charge on any atom is 0.254 e. The molecule has 0 bridgehead atoms. The van der Waals surface area contributed by atoms with Crippen LogP contribution in [-0.4, -0.2) is 63.8 Å². The molecule has 3 amide bonds. The van der Waals surface area contributed by atoms with E-state index in [-0.39, 0.29) is 29.7 Å². The van der Waals surface area contributed by atoms with Crippen LogP contribution in [0.3, 0.4) is 0 Å². The molecule has 2 aromatic rings. The molecule has 1 aliphatic heterocycles. The zero-order valence-corrected chi connectivity index (χ0v) is 20.8. The van der Waals surface area contributed by atoms with Crippen LogP contribution in [0.2, 0.25) is 0 Å². The average molecular weight is 483 g/mol. The molecule has 0 saturated carbocycles. The Bertz CT molecular complexity index is 969. The van der Waals surface area contributed by atoms with Gasteiger partial charge in [0.25, 0.3) is 5.91 Å². The smallest absolute Gasteiger partial charge is 0.254 e. The van der Waals surface area contributed by atoms with E-state index in [1.165, 1.54) is 0 Å². The Balaban J connectivity index is 1.80. The summed E-state index contributed by atoms with van der Waals surface area (Å²) >= 11 is 1.66. The van der Waals surface area contributed by atoms with Crippen LogP contribution in [0, 0.1) is 5.92 Å². The number of thioether (sulfide) groups is 1. The maximum absolute atomic E-state index is 13.5. The van der Waals surface area contributed by atoms with Crippen LogP contribution < -0.4 is 11.1 Å². The number of nitrogens with one attached hydrogen (secondary N) is 1. The second kappa shape index (κ2) is 12.0. The van der Waals surface area contributed by atoms with Crippen LogP contribution in [0.4, 0.5) is 0 Å². The highest BCUT2D eigenvalue weighted by Crippen LogP contribution is 2.25. The number of carbonyl (C=O) groups excluding carboxylic acids is 3. The predicted molar refractivity (Wildman–Crippen MR) is 136 cm³/mol. The van der Waals surface area contributed by atoms with E-state index in [1.54, 1.807) is 23.6 Å². The van der Waals surface area contributed by atoms with Gasteiger partial charge < -0.3 is 20.9 Å². The molecule has 0 unspecified atom stereocenters. The third-order valence-corrected chi connectivity index (χ3v) is 6.95. The van der Waals surface area contributed by atoms with Gasteiger partial charge in [-0.3, -0.25) is 14.4 Å². The van der Waals surface area contributed by atoms with Gasteiger partial charge in [0, 0.05) is 24.4 Å². The molecule has 34 heavy (non-hydrogen) atoms. The Kier molecular flexibility index (Phi) is 9.12. The lowest BCUT2D eigenvalue weighted by Crippen LogP contribution is -2.56.